The number of nitrogens with zero attached hydrogens (tertiary/aromatic N) is 2. The largest absolute Gasteiger partial charge is 0.354 e. The molecule has 1 aromatic carbocycles. The first-order valence-corrected chi connectivity index (χ1v) is 8.96. The smallest absolute Gasteiger partial charge is 0.274 e. The van der Waals surface area contributed by atoms with Gasteiger partial charge in [0, 0.05) is 12.2 Å². The lowest BCUT2D eigenvalue weighted by atomic mass is 10.1. The van der Waals surface area contributed by atoms with Crippen molar-refractivity contribution in [1.82, 2.24) is 9.97 Å². The second-order valence-corrected chi connectivity index (χ2v) is 6.65. The van der Waals surface area contributed by atoms with Crippen LogP contribution in [0.1, 0.15) is 53.5 Å². The lowest BCUT2D eigenvalue weighted by molar-refractivity contribution is 0.102. The van der Waals surface area contributed by atoms with E-state index in [0.29, 0.717) is 22.4 Å². The molecule has 2 N–H and O–H groups in total. The molecule has 2 aromatic rings. The Labute approximate surface area is 154 Å². The van der Waals surface area contributed by atoms with Gasteiger partial charge in [0.05, 0.1) is 10.7 Å². The van der Waals surface area contributed by atoms with Crippen LogP contribution in [0.5, 0.6) is 0 Å². The van der Waals surface area contributed by atoms with Crippen LogP contribution in [0.3, 0.4) is 0 Å². The Morgan fingerprint density at radius 1 is 1.12 bits per heavy atom. The Bertz CT molecular complexity index is 738. The van der Waals surface area contributed by atoms with Gasteiger partial charge in [0.15, 0.2) is 0 Å². The SMILES string of the molecule is CCCCCNc1nc(C)cc(C(=O)Nc2c(C)cc(C)cc2Cl)n1. The van der Waals surface area contributed by atoms with E-state index < -0.39 is 0 Å². The van der Waals surface area contributed by atoms with E-state index >= 15 is 0 Å². The molecule has 0 radical (unpaired) electrons. The fraction of sp³-hybridized carbons (Fsp3) is 0.421. The number of unbranched alkanes of at least 4 members (excludes halogenated alkanes) is 2. The van der Waals surface area contributed by atoms with Gasteiger partial charge in [-0.1, -0.05) is 37.4 Å². The lowest BCUT2D eigenvalue weighted by Crippen LogP contribution is -2.17. The molecule has 1 aromatic heterocycles. The molecule has 0 spiro atoms. The zero-order chi connectivity index (χ0) is 18.4. The number of hydrogen-bond acceptors (Lipinski definition) is 4. The highest BCUT2D eigenvalue weighted by Crippen LogP contribution is 2.27. The lowest BCUT2D eigenvalue weighted by Gasteiger charge is -2.12. The normalized spacial score (nSPS) is 10.6. The molecule has 6 heteroatoms. The fourth-order valence-electron chi connectivity index (χ4n) is 2.59. The van der Waals surface area contributed by atoms with Crippen LogP contribution in [0.2, 0.25) is 5.02 Å². The number of amides is 1. The van der Waals surface area contributed by atoms with Gasteiger partial charge in [-0.05, 0) is 50.5 Å². The molecule has 1 amide bonds. The third-order valence-electron chi connectivity index (χ3n) is 3.82. The highest BCUT2D eigenvalue weighted by molar-refractivity contribution is 6.34. The summed E-state index contributed by atoms with van der Waals surface area (Å²) < 4.78 is 0. The van der Waals surface area contributed by atoms with E-state index in [1.165, 1.54) is 0 Å². The van der Waals surface area contributed by atoms with Gasteiger partial charge in [-0.15, -0.1) is 0 Å². The maximum absolute atomic E-state index is 12.6. The minimum atomic E-state index is -0.295. The van der Waals surface area contributed by atoms with Crippen LogP contribution in [-0.4, -0.2) is 22.4 Å². The van der Waals surface area contributed by atoms with E-state index in [0.717, 1.165) is 42.6 Å². The molecule has 134 valence electrons. The van der Waals surface area contributed by atoms with Gasteiger partial charge in [-0.2, -0.15) is 0 Å². The number of aryl methyl sites for hydroxylation is 3. The quantitative estimate of drug-likeness (QED) is 0.688. The average molecular weight is 361 g/mol. The minimum absolute atomic E-state index is 0.295. The molecule has 25 heavy (non-hydrogen) atoms. The molecular formula is C19H25ClN4O. The van der Waals surface area contributed by atoms with Crippen molar-refractivity contribution in [2.75, 3.05) is 17.2 Å². The zero-order valence-corrected chi connectivity index (χ0v) is 16.0. The third-order valence-corrected chi connectivity index (χ3v) is 4.12. The van der Waals surface area contributed by atoms with Crippen molar-refractivity contribution in [2.24, 2.45) is 0 Å². The monoisotopic (exact) mass is 360 g/mol. The first-order valence-electron chi connectivity index (χ1n) is 8.58. The summed E-state index contributed by atoms with van der Waals surface area (Å²) in [4.78, 5) is 21.3. The van der Waals surface area contributed by atoms with Gasteiger partial charge >= 0.3 is 0 Å². The van der Waals surface area contributed by atoms with Crippen LogP contribution in [0.15, 0.2) is 18.2 Å². The number of benzene rings is 1. The van der Waals surface area contributed by atoms with Crippen molar-refractivity contribution in [1.29, 1.82) is 0 Å². The highest BCUT2D eigenvalue weighted by atomic mass is 35.5. The van der Waals surface area contributed by atoms with E-state index in [1.807, 2.05) is 32.9 Å². The molecule has 0 atom stereocenters. The second kappa shape index (κ2) is 8.81. The van der Waals surface area contributed by atoms with Crippen LogP contribution >= 0.6 is 11.6 Å². The number of nitrogens with one attached hydrogen (secondary N) is 2. The van der Waals surface area contributed by atoms with E-state index in [9.17, 15) is 4.79 Å². The second-order valence-electron chi connectivity index (χ2n) is 6.24. The number of rotatable bonds is 7. The highest BCUT2D eigenvalue weighted by Gasteiger charge is 2.14. The topological polar surface area (TPSA) is 66.9 Å². The predicted molar refractivity (Wildman–Crippen MR) is 104 cm³/mol. The number of carbonyl (C=O) groups is 1. The van der Waals surface area contributed by atoms with E-state index in [4.69, 9.17) is 11.6 Å². The van der Waals surface area contributed by atoms with Crippen molar-refractivity contribution >= 4 is 29.1 Å². The number of carbonyl (C=O) groups excluding carboxylic acids is 1. The molecule has 0 aliphatic carbocycles. The molecule has 0 aliphatic heterocycles. The van der Waals surface area contributed by atoms with Crippen LogP contribution in [0.4, 0.5) is 11.6 Å². The van der Waals surface area contributed by atoms with Crippen LogP contribution in [-0.2, 0) is 0 Å². The van der Waals surface area contributed by atoms with Crippen molar-refractivity contribution in [3.05, 3.63) is 45.7 Å². The Balaban J connectivity index is 2.15. The standard InChI is InChI=1S/C19H25ClN4O/c1-5-6-7-8-21-19-22-14(4)11-16(23-19)18(25)24-17-13(3)9-12(2)10-15(17)20/h9-11H,5-8H2,1-4H3,(H,24,25)(H,21,22,23). The zero-order valence-electron chi connectivity index (χ0n) is 15.2. The van der Waals surface area contributed by atoms with Crippen molar-refractivity contribution in [3.63, 3.8) is 0 Å². The summed E-state index contributed by atoms with van der Waals surface area (Å²) in [6.07, 6.45) is 3.35. The molecule has 5 nitrogen and oxygen atoms in total. The summed E-state index contributed by atoms with van der Waals surface area (Å²) in [7, 11) is 0. The number of hydrogen-bond donors (Lipinski definition) is 2. The first kappa shape index (κ1) is 19.2. The third kappa shape index (κ3) is 5.43. The number of aromatic nitrogens is 2. The van der Waals surface area contributed by atoms with Gasteiger partial charge in [-0.3, -0.25) is 4.79 Å². The Kier molecular flexibility index (Phi) is 6.76. The molecule has 0 saturated heterocycles. The van der Waals surface area contributed by atoms with E-state index in [2.05, 4.69) is 27.5 Å². The molecule has 2 rings (SSSR count). The fourth-order valence-corrected chi connectivity index (χ4v) is 2.96. The average Bonchev–Trinajstić information content (AvgIpc) is 2.54. The predicted octanol–water partition coefficient (Wildman–Crippen LogP) is 4.91. The first-order chi connectivity index (χ1) is 11.9. The maximum Gasteiger partial charge on any atom is 0.274 e. The summed E-state index contributed by atoms with van der Waals surface area (Å²) in [5.74, 6) is 0.184. The van der Waals surface area contributed by atoms with Crippen LogP contribution < -0.4 is 10.6 Å². The van der Waals surface area contributed by atoms with Crippen molar-refractivity contribution < 1.29 is 4.79 Å². The van der Waals surface area contributed by atoms with Gasteiger partial charge in [0.2, 0.25) is 5.95 Å². The van der Waals surface area contributed by atoms with Gasteiger partial charge in [0.1, 0.15) is 5.69 Å². The molecule has 0 bridgehead atoms. The van der Waals surface area contributed by atoms with Gasteiger partial charge < -0.3 is 10.6 Å². The Morgan fingerprint density at radius 2 is 1.88 bits per heavy atom. The summed E-state index contributed by atoms with van der Waals surface area (Å²) >= 11 is 6.27. The van der Waals surface area contributed by atoms with Crippen LogP contribution in [0, 0.1) is 20.8 Å². The summed E-state index contributed by atoms with van der Waals surface area (Å²) in [6.45, 7) is 8.68. The van der Waals surface area contributed by atoms with Gasteiger partial charge in [-0.25, -0.2) is 9.97 Å². The molecule has 0 fully saturated rings. The summed E-state index contributed by atoms with van der Waals surface area (Å²) in [5.41, 5.74) is 3.65. The molecule has 1 heterocycles. The van der Waals surface area contributed by atoms with E-state index in [1.54, 1.807) is 6.07 Å². The minimum Gasteiger partial charge on any atom is -0.354 e. The molecule has 0 saturated carbocycles. The Hall–Kier alpha value is -2.14. The summed E-state index contributed by atoms with van der Waals surface area (Å²) in [5, 5.41) is 6.57. The number of anilines is 2. The maximum atomic E-state index is 12.6. The van der Waals surface area contributed by atoms with Crippen LogP contribution in [0.25, 0.3) is 0 Å². The Morgan fingerprint density at radius 3 is 2.56 bits per heavy atom. The van der Waals surface area contributed by atoms with Gasteiger partial charge in [0.25, 0.3) is 5.91 Å². The molecule has 0 aliphatic rings. The summed E-state index contributed by atoms with van der Waals surface area (Å²) in [6, 6.07) is 5.48. The molecular weight excluding hydrogens is 336 g/mol. The van der Waals surface area contributed by atoms with E-state index in [-0.39, 0.29) is 5.91 Å². The van der Waals surface area contributed by atoms with Crippen molar-refractivity contribution in [2.45, 2.75) is 47.0 Å². The van der Waals surface area contributed by atoms with Crippen molar-refractivity contribution in [3.8, 4) is 0 Å². The molecule has 0 unspecified atom stereocenters. The number of halogens is 1.